The Hall–Kier alpha value is -3.33. The van der Waals surface area contributed by atoms with Crippen LogP contribution in [0.1, 0.15) is 24.1 Å². The quantitative estimate of drug-likeness (QED) is 0.170. The zero-order chi connectivity index (χ0) is 35.1. The van der Waals surface area contributed by atoms with Gasteiger partial charge in [0.2, 0.25) is 0 Å². The number of aromatic hydroxyl groups is 1. The maximum atomic E-state index is 14.2. The van der Waals surface area contributed by atoms with Crippen molar-refractivity contribution in [1.29, 1.82) is 0 Å². The Morgan fingerprint density at radius 1 is 1.12 bits per heavy atom. The third kappa shape index (κ3) is 4.92. The second kappa shape index (κ2) is 11.9. The Balaban J connectivity index is 1.43. The molecule has 4 aliphatic rings. The minimum atomic E-state index is -4.82. The van der Waals surface area contributed by atoms with Gasteiger partial charge in [-0.3, -0.25) is 29.1 Å². The highest BCUT2D eigenvalue weighted by Gasteiger charge is 2.75. The molecular weight excluding hydrogens is 768 g/mol. The van der Waals surface area contributed by atoms with E-state index in [1.807, 2.05) is 0 Å². The van der Waals surface area contributed by atoms with Crippen molar-refractivity contribution in [3.8, 4) is 11.5 Å². The molecule has 2 aliphatic heterocycles. The molecule has 0 unspecified atom stereocenters. The molecule has 0 radical (unpaired) electrons. The van der Waals surface area contributed by atoms with Gasteiger partial charge in [-0.15, -0.1) is 23.2 Å². The van der Waals surface area contributed by atoms with Crippen LogP contribution in [-0.2, 0) is 25.4 Å². The lowest BCUT2D eigenvalue weighted by Crippen LogP contribution is -2.60. The minimum Gasteiger partial charge on any atom is -0.504 e. The molecule has 0 spiro atoms. The van der Waals surface area contributed by atoms with Crippen LogP contribution in [0.25, 0.3) is 6.08 Å². The van der Waals surface area contributed by atoms with Gasteiger partial charge in [0.15, 0.2) is 27.1 Å². The lowest BCUT2D eigenvalue weighted by Gasteiger charge is -2.49. The summed E-state index contributed by atoms with van der Waals surface area (Å²) in [6.45, 7) is 0. The number of methoxy groups -OCH3 is 1. The number of likely N-dealkylation sites (tertiary alicyclic amines) is 1. The van der Waals surface area contributed by atoms with Gasteiger partial charge in [-0.05, 0) is 48.6 Å². The van der Waals surface area contributed by atoms with Gasteiger partial charge in [-0.1, -0.05) is 57.4 Å². The number of halogens is 7. The molecule has 1 aromatic heterocycles. The number of benzene rings is 1. The van der Waals surface area contributed by atoms with Crippen LogP contribution in [0.5, 0.6) is 11.5 Å². The molecule has 254 valence electrons. The Morgan fingerprint density at radius 3 is 2.48 bits per heavy atom. The summed E-state index contributed by atoms with van der Waals surface area (Å²) in [7, 11) is 2.58. The van der Waals surface area contributed by atoms with Gasteiger partial charge in [0.25, 0.3) is 23.6 Å². The van der Waals surface area contributed by atoms with Crippen LogP contribution >= 0.6 is 50.7 Å². The van der Waals surface area contributed by atoms with Gasteiger partial charge in [0.1, 0.15) is 5.69 Å². The number of carbonyl (C=O) groups excluding carboxylic acids is 4. The van der Waals surface area contributed by atoms with E-state index in [0.29, 0.717) is 22.2 Å². The smallest absolute Gasteiger partial charge is 0.433 e. The molecular formula is C31H25BrCl3F3N4O6. The van der Waals surface area contributed by atoms with Crippen LogP contribution in [0.3, 0.4) is 0 Å². The lowest BCUT2D eigenvalue weighted by atomic mass is 9.57. The number of hydrogen-bond acceptors (Lipinski definition) is 8. The molecule has 1 aromatic carbocycles. The summed E-state index contributed by atoms with van der Waals surface area (Å²) in [5.41, 5.74) is -0.426. The fourth-order valence-corrected chi connectivity index (χ4v) is 8.80. The number of phenolic OH excluding ortho intramolecular Hbond substituents is 1. The number of rotatable bonds is 6. The van der Waals surface area contributed by atoms with Crippen molar-refractivity contribution in [2.24, 2.45) is 23.7 Å². The molecule has 3 fully saturated rings. The number of amides is 4. The molecule has 1 N–H and O–H groups in total. The first-order valence-electron chi connectivity index (χ1n) is 14.4. The van der Waals surface area contributed by atoms with Crippen LogP contribution in [-0.4, -0.2) is 73.0 Å². The number of phenols is 1. The number of anilines is 1. The van der Waals surface area contributed by atoms with Gasteiger partial charge in [0, 0.05) is 13.0 Å². The van der Waals surface area contributed by atoms with Crippen LogP contribution < -0.4 is 9.75 Å². The molecule has 6 atom stereocenters. The molecule has 2 aliphatic carbocycles. The summed E-state index contributed by atoms with van der Waals surface area (Å²) in [4.78, 5) is 56.0. The Morgan fingerprint density at radius 2 is 1.83 bits per heavy atom. The number of nitrogens with zero attached hydrogens (tertiary/aromatic N) is 4. The molecule has 4 amide bonds. The van der Waals surface area contributed by atoms with Crippen LogP contribution in [0.15, 0.2) is 48.1 Å². The normalized spacial score (nSPS) is 30.1. The highest BCUT2D eigenvalue weighted by Crippen LogP contribution is 2.63. The number of pyridine rings is 1. The Kier molecular flexibility index (Phi) is 8.58. The summed E-state index contributed by atoms with van der Waals surface area (Å²) < 4.78 is 45.7. The van der Waals surface area contributed by atoms with E-state index in [2.05, 4.69) is 20.9 Å². The first-order chi connectivity index (χ1) is 22.5. The Labute approximate surface area is 295 Å². The summed E-state index contributed by atoms with van der Waals surface area (Å²) in [6.07, 6.45) is -0.166. The number of imide groups is 2. The number of alkyl halides is 6. The van der Waals surface area contributed by atoms with Gasteiger partial charge in [0.05, 0.1) is 29.4 Å². The number of ether oxygens (including phenoxy) is 1. The van der Waals surface area contributed by atoms with Gasteiger partial charge >= 0.3 is 6.18 Å². The van der Waals surface area contributed by atoms with E-state index in [1.165, 1.54) is 20.2 Å². The van der Waals surface area contributed by atoms with Crippen molar-refractivity contribution in [1.82, 2.24) is 14.9 Å². The van der Waals surface area contributed by atoms with Crippen LogP contribution in [0.2, 0.25) is 5.02 Å². The number of fused-ring (bicyclic) bond motifs is 4. The number of hydrogen-bond donors (Lipinski definition) is 1. The predicted molar refractivity (Wildman–Crippen MR) is 172 cm³/mol. The summed E-state index contributed by atoms with van der Waals surface area (Å²) in [5, 5.41) is 11.4. The van der Waals surface area contributed by atoms with E-state index in [1.54, 1.807) is 30.4 Å². The monoisotopic (exact) mass is 790 g/mol. The minimum absolute atomic E-state index is 0.0269. The van der Waals surface area contributed by atoms with Gasteiger partial charge in [-0.25, -0.2) is 4.98 Å². The molecule has 1 saturated carbocycles. The van der Waals surface area contributed by atoms with E-state index < -0.39 is 74.7 Å². The molecule has 0 bridgehead atoms. The number of carbonyl (C=O) groups is 4. The van der Waals surface area contributed by atoms with E-state index >= 15 is 0 Å². The van der Waals surface area contributed by atoms with Crippen LogP contribution in [0.4, 0.5) is 19.0 Å². The standard InChI is InChI=1S/C31H25BrCl3F3N4O6/c1-40(24-19(33)8-10-22(39-24)31(36,37)38)42-25(44)16-6-5-15-17(23(16)26(42)45)12-29(34)27(46)41(13-32)28(47)30(29,35)18(15)7-3-14-4-9-20(43)21(11-14)48-2/h3-5,7-11,16-18,23,43H,6,12-13H2,1-2H3/t16-,17+,18-,23-,29+,30-/m0/s1. The van der Waals surface area contributed by atoms with Crippen molar-refractivity contribution in [2.75, 3.05) is 24.6 Å². The van der Waals surface area contributed by atoms with E-state index in [-0.39, 0.29) is 34.8 Å². The van der Waals surface area contributed by atoms with E-state index in [0.717, 1.165) is 16.0 Å². The predicted octanol–water partition coefficient (Wildman–Crippen LogP) is 5.78. The third-order valence-corrected chi connectivity index (χ3v) is 11.7. The topological polar surface area (TPSA) is 120 Å². The molecule has 10 nitrogen and oxygen atoms in total. The highest BCUT2D eigenvalue weighted by atomic mass is 79.9. The van der Waals surface area contributed by atoms with Crippen molar-refractivity contribution >= 4 is 86.3 Å². The average molecular weight is 793 g/mol. The van der Waals surface area contributed by atoms with Gasteiger partial charge < -0.3 is 9.84 Å². The highest BCUT2D eigenvalue weighted by molar-refractivity contribution is 9.09. The van der Waals surface area contributed by atoms with E-state index in [4.69, 9.17) is 39.5 Å². The molecule has 17 heteroatoms. The SMILES string of the molecule is COc1cc(C=C[C@H]2C3=CC[C@@H]4C(=O)N(N(C)c5nc(C(F)(F)F)ccc5Cl)C(=O)[C@@H]4[C@@H]3C[C@@]3(Cl)C(=O)N(CBr)C(=O)[C@@]23Cl)ccc1O. The van der Waals surface area contributed by atoms with Crippen molar-refractivity contribution in [2.45, 2.75) is 28.8 Å². The lowest BCUT2D eigenvalue weighted by molar-refractivity contribution is -0.142. The molecule has 3 heterocycles. The van der Waals surface area contributed by atoms with Gasteiger partial charge in [-0.2, -0.15) is 18.2 Å². The second-order valence-electron chi connectivity index (χ2n) is 11.8. The first kappa shape index (κ1) is 34.5. The zero-order valence-electron chi connectivity index (χ0n) is 25.0. The fourth-order valence-electron chi connectivity index (χ4n) is 7.20. The summed E-state index contributed by atoms with van der Waals surface area (Å²) in [6, 6.07) is 6.19. The maximum absolute atomic E-state index is 14.2. The van der Waals surface area contributed by atoms with E-state index in [9.17, 15) is 37.5 Å². The fraction of sp³-hybridized carbons (Fsp3) is 0.387. The molecule has 2 aromatic rings. The Bertz CT molecular complexity index is 1830. The summed E-state index contributed by atoms with van der Waals surface area (Å²) >= 11 is 23.7. The molecule has 2 saturated heterocycles. The maximum Gasteiger partial charge on any atom is 0.433 e. The summed E-state index contributed by atoms with van der Waals surface area (Å²) in [5.74, 6) is -7.38. The zero-order valence-corrected chi connectivity index (χ0v) is 28.8. The van der Waals surface area contributed by atoms with Crippen molar-refractivity contribution in [3.05, 3.63) is 64.3 Å². The largest absolute Gasteiger partial charge is 0.504 e. The number of allylic oxidation sites excluding steroid dienone is 3. The van der Waals surface area contributed by atoms with Crippen LogP contribution in [0, 0.1) is 23.7 Å². The second-order valence-corrected chi connectivity index (χ2v) is 14.0. The molecule has 6 rings (SSSR count). The van der Waals surface area contributed by atoms with Crippen molar-refractivity contribution in [3.63, 3.8) is 0 Å². The number of aromatic nitrogens is 1. The number of hydrazine groups is 1. The average Bonchev–Trinajstić information content (AvgIpc) is 3.38. The molecule has 48 heavy (non-hydrogen) atoms. The first-order valence-corrected chi connectivity index (χ1v) is 16.7. The third-order valence-electron chi connectivity index (χ3n) is 9.46. The van der Waals surface area contributed by atoms with Crippen molar-refractivity contribution < 1.29 is 42.2 Å².